The van der Waals surface area contributed by atoms with Gasteiger partial charge in [0.15, 0.2) is 0 Å². The number of nitrogens with zero attached hydrogens (tertiary/aromatic N) is 3. The van der Waals surface area contributed by atoms with E-state index in [2.05, 4.69) is 4.98 Å². The second-order valence-electron chi connectivity index (χ2n) is 6.19. The van der Waals surface area contributed by atoms with Gasteiger partial charge >= 0.3 is 5.97 Å². The first kappa shape index (κ1) is 18.1. The van der Waals surface area contributed by atoms with Crippen LogP contribution < -0.4 is 5.56 Å². The number of amides is 1. The fourth-order valence-electron chi connectivity index (χ4n) is 3.23. The lowest BCUT2D eigenvalue weighted by molar-refractivity contribution is -0.151. The van der Waals surface area contributed by atoms with Crippen LogP contribution in [0.5, 0.6) is 0 Å². The molecule has 26 heavy (non-hydrogen) atoms. The molecule has 8 nitrogen and oxygen atoms in total. The normalized spacial score (nSPS) is 19.7. The number of aromatic nitrogens is 2. The lowest BCUT2D eigenvalue weighted by atomic mass is 10.2. The summed E-state index contributed by atoms with van der Waals surface area (Å²) in [4.78, 5) is 42.7. The van der Waals surface area contributed by atoms with E-state index in [1.165, 1.54) is 22.9 Å². The van der Waals surface area contributed by atoms with Crippen LogP contribution in [0.2, 0.25) is 0 Å². The quantitative estimate of drug-likeness (QED) is 0.725. The molecule has 1 aromatic carbocycles. The highest BCUT2D eigenvalue weighted by Gasteiger charge is 2.40. The fraction of sp³-hybridized carbons (Fsp3) is 0.444. The van der Waals surface area contributed by atoms with Crippen molar-refractivity contribution in [3.05, 3.63) is 40.9 Å². The van der Waals surface area contributed by atoms with Crippen molar-refractivity contribution in [1.82, 2.24) is 14.5 Å². The molecule has 1 amide bonds. The maximum absolute atomic E-state index is 12.6. The summed E-state index contributed by atoms with van der Waals surface area (Å²) >= 11 is 0. The van der Waals surface area contributed by atoms with Gasteiger partial charge in [-0.1, -0.05) is 12.1 Å². The van der Waals surface area contributed by atoms with Crippen molar-refractivity contribution in [3.63, 3.8) is 0 Å². The number of ether oxygens (including phenoxy) is 2. The van der Waals surface area contributed by atoms with Crippen LogP contribution >= 0.6 is 0 Å². The van der Waals surface area contributed by atoms with E-state index in [0.29, 0.717) is 23.9 Å². The summed E-state index contributed by atoms with van der Waals surface area (Å²) in [5, 5.41) is 0.510. The van der Waals surface area contributed by atoms with Crippen LogP contribution in [-0.2, 0) is 25.6 Å². The van der Waals surface area contributed by atoms with Crippen LogP contribution in [0.3, 0.4) is 0 Å². The van der Waals surface area contributed by atoms with Gasteiger partial charge < -0.3 is 14.4 Å². The number of para-hydroxylation sites is 1. The number of esters is 1. The number of benzene rings is 1. The summed E-state index contributed by atoms with van der Waals surface area (Å²) in [6, 6.07) is 6.41. The molecular weight excluding hydrogens is 338 g/mol. The molecule has 1 fully saturated rings. The van der Waals surface area contributed by atoms with Gasteiger partial charge in [0, 0.05) is 33.0 Å². The Kier molecular flexibility index (Phi) is 5.32. The molecule has 8 heteroatoms. The van der Waals surface area contributed by atoms with Crippen LogP contribution in [0, 0.1) is 0 Å². The Hall–Kier alpha value is -2.74. The Balaban J connectivity index is 1.73. The molecule has 2 aromatic rings. The van der Waals surface area contributed by atoms with Crippen molar-refractivity contribution in [3.8, 4) is 0 Å². The zero-order chi connectivity index (χ0) is 18.7. The summed E-state index contributed by atoms with van der Waals surface area (Å²) in [5.74, 6) is -0.678. The van der Waals surface area contributed by atoms with E-state index in [9.17, 15) is 14.4 Å². The van der Waals surface area contributed by atoms with Gasteiger partial charge in [-0.05, 0) is 12.1 Å². The third-order valence-electron chi connectivity index (χ3n) is 4.69. The minimum absolute atomic E-state index is 0.0872. The van der Waals surface area contributed by atoms with E-state index in [-0.39, 0.29) is 30.5 Å². The number of carbonyl (C=O) groups is 2. The molecule has 1 aliphatic heterocycles. The van der Waals surface area contributed by atoms with Crippen LogP contribution in [-0.4, -0.2) is 59.2 Å². The molecule has 0 spiro atoms. The lowest BCUT2D eigenvalue weighted by Gasteiger charge is -2.22. The first-order valence-electron chi connectivity index (χ1n) is 8.39. The average molecular weight is 359 g/mol. The monoisotopic (exact) mass is 359 g/mol. The number of hydrogen-bond donors (Lipinski definition) is 0. The number of hydrogen-bond acceptors (Lipinski definition) is 6. The number of methoxy groups -OCH3 is 2. The number of likely N-dealkylation sites (tertiary alicyclic amines) is 1. The summed E-state index contributed by atoms with van der Waals surface area (Å²) in [7, 11) is 2.85. The maximum atomic E-state index is 12.6. The van der Waals surface area contributed by atoms with Gasteiger partial charge in [-0.25, -0.2) is 9.78 Å². The summed E-state index contributed by atoms with van der Waals surface area (Å²) in [6.07, 6.45) is 1.74. The molecule has 3 rings (SSSR count). The lowest BCUT2D eigenvalue weighted by Crippen LogP contribution is -2.41. The topological polar surface area (TPSA) is 90.7 Å². The zero-order valence-corrected chi connectivity index (χ0v) is 14.8. The van der Waals surface area contributed by atoms with Crippen molar-refractivity contribution in [2.75, 3.05) is 20.8 Å². The van der Waals surface area contributed by atoms with Crippen LogP contribution in [0.4, 0.5) is 0 Å². The number of aryl methyl sites for hydroxylation is 1. The third-order valence-corrected chi connectivity index (χ3v) is 4.69. The Labute approximate surface area is 150 Å². The minimum atomic E-state index is -0.649. The second kappa shape index (κ2) is 7.65. The molecule has 138 valence electrons. The maximum Gasteiger partial charge on any atom is 0.328 e. The van der Waals surface area contributed by atoms with Gasteiger partial charge in [0.1, 0.15) is 6.04 Å². The van der Waals surface area contributed by atoms with E-state index < -0.39 is 12.0 Å². The SMILES string of the molecule is COC(=O)[C@H]1C[C@H](OC)CN1C(=O)CCn1cnc2ccccc2c1=O. The number of rotatable bonds is 5. The fourth-order valence-corrected chi connectivity index (χ4v) is 3.23. The Bertz CT molecular complexity index is 879. The number of fused-ring (bicyclic) bond motifs is 1. The van der Waals surface area contributed by atoms with E-state index in [4.69, 9.17) is 9.47 Å². The van der Waals surface area contributed by atoms with Crippen molar-refractivity contribution in [2.24, 2.45) is 0 Å². The molecule has 0 N–H and O–H groups in total. The predicted molar refractivity (Wildman–Crippen MR) is 93.6 cm³/mol. The highest BCUT2D eigenvalue weighted by Crippen LogP contribution is 2.22. The predicted octanol–water partition coefficient (Wildman–Crippen LogP) is 0.575. The van der Waals surface area contributed by atoms with Crippen molar-refractivity contribution in [2.45, 2.75) is 31.5 Å². The molecule has 0 radical (unpaired) electrons. The highest BCUT2D eigenvalue weighted by molar-refractivity contribution is 5.85. The third kappa shape index (κ3) is 3.45. The van der Waals surface area contributed by atoms with Gasteiger partial charge in [0.2, 0.25) is 5.91 Å². The standard InChI is InChI=1S/C18H21N3O5/c1-25-12-9-15(18(24)26-2)21(10-12)16(22)7-8-20-11-19-14-6-4-3-5-13(14)17(20)23/h3-6,11-12,15H,7-10H2,1-2H3/t12-,15+/m0/s1. The number of carbonyl (C=O) groups excluding carboxylic acids is 2. The Morgan fingerprint density at radius 2 is 2.04 bits per heavy atom. The first-order chi connectivity index (χ1) is 12.5. The highest BCUT2D eigenvalue weighted by atomic mass is 16.5. The van der Waals surface area contributed by atoms with Crippen LogP contribution in [0.15, 0.2) is 35.4 Å². The Morgan fingerprint density at radius 3 is 2.77 bits per heavy atom. The largest absolute Gasteiger partial charge is 0.467 e. The van der Waals surface area contributed by atoms with E-state index in [1.54, 1.807) is 25.3 Å². The van der Waals surface area contributed by atoms with Gasteiger partial charge in [0.25, 0.3) is 5.56 Å². The summed E-state index contributed by atoms with van der Waals surface area (Å²) < 4.78 is 11.5. The molecule has 1 aliphatic rings. The molecule has 0 saturated carbocycles. The van der Waals surface area contributed by atoms with Crippen LogP contribution in [0.25, 0.3) is 10.9 Å². The molecule has 1 aromatic heterocycles. The molecule has 2 atom stereocenters. The average Bonchev–Trinajstić information content (AvgIpc) is 3.11. The Morgan fingerprint density at radius 1 is 1.27 bits per heavy atom. The van der Waals surface area contributed by atoms with E-state index >= 15 is 0 Å². The van der Waals surface area contributed by atoms with Gasteiger partial charge in [-0.15, -0.1) is 0 Å². The van der Waals surface area contributed by atoms with Gasteiger partial charge in [-0.2, -0.15) is 0 Å². The minimum Gasteiger partial charge on any atom is -0.467 e. The molecule has 0 aliphatic carbocycles. The zero-order valence-electron chi connectivity index (χ0n) is 14.8. The molecule has 0 unspecified atom stereocenters. The second-order valence-corrected chi connectivity index (χ2v) is 6.19. The van der Waals surface area contributed by atoms with E-state index in [0.717, 1.165) is 0 Å². The molecule has 2 heterocycles. The molecule has 1 saturated heterocycles. The van der Waals surface area contributed by atoms with Crippen molar-refractivity contribution in [1.29, 1.82) is 0 Å². The first-order valence-corrected chi connectivity index (χ1v) is 8.39. The molecule has 0 bridgehead atoms. The van der Waals surface area contributed by atoms with Crippen molar-refractivity contribution >= 4 is 22.8 Å². The summed E-state index contributed by atoms with van der Waals surface area (Å²) in [5.41, 5.74) is 0.428. The van der Waals surface area contributed by atoms with Crippen molar-refractivity contribution < 1.29 is 19.1 Å². The molecular formula is C18H21N3O5. The van der Waals surface area contributed by atoms with Gasteiger partial charge in [0.05, 0.1) is 30.4 Å². The van der Waals surface area contributed by atoms with Gasteiger partial charge in [-0.3, -0.25) is 14.2 Å². The van der Waals surface area contributed by atoms with E-state index in [1.807, 2.05) is 6.07 Å². The smallest absolute Gasteiger partial charge is 0.328 e. The summed E-state index contributed by atoms with van der Waals surface area (Å²) in [6.45, 7) is 0.525. The van der Waals surface area contributed by atoms with Crippen LogP contribution in [0.1, 0.15) is 12.8 Å².